The molecule has 0 saturated heterocycles. The molecule has 5 heteroatoms. The van der Waals surface area contributed by atoms with Crippen LogP contribution >= 0.6 is 0 Å². The van der Waals surface area contributed by atoms with E-state index in [1.807, 2.05) is 24.3 Å². The molecule has 1 atom stereocenters. The highest BCUT2D eigenvalue weighted by Gasteiger charge is 2.17. The summed E-state index contributed by atoms with van der Waals surface area (Å²) < 4.78 is 28.6. The molecule has 0 amide bonds. The minimum atomic E-state index is -3.00. The number of methoxy groups -OCH3 is 1. The largest absolute Gasteiger partial charge is 0.497 e. The Morgan fingerprint density at radius 3 is 2.58 bits per heavy atom. The van der Waals surface area contributed by atoms with Gasteiger partial charge in [-0.05, 0) is 44.4 Å². The van der Waals surface area contributed by atoms with Crippen molar-refractivity contribution in [1.82, 2.24) is 0 Å². The van der Waals surface area contributed by atoms with Crippen LogP contribution in [0.3, 0.4) is 0 Å². The van der Waals surface area contributed by atoms with Crippen LogP contribution in [-0.2, 0) is 16.3 Å². The maximum atomic E-state index is 11.7. The molecule has 0 aromatic heterocycles. The standard InChI is InChI=1S/C14H23NO3S/c1-11(2)19(16,17)8-7-13(15)9-12-5-4-6-14(10-12)18-3/h4-6,10-11,13H,7-9,15H2,1-3H3. The van der Waals surface area contributed by atoms with Gasteiger partial charge in [0.1, 0.15) is 5.75 Å². The zero-order valence-electron chi connectivity index (χ0n) is 11.8. The molecule has 0 aliphatic rings. The molecule has 1 aromatic carbocycles. The molecular weight excluding hydrogens is 262 g/mol. The first-order chi connectivity index (χ1) is 8.85. The van der Waals surface area contributed by atoms with Gasteiger partial charge in [0.05, 0.1) is 18.1 Å². The highest BCUT2D eigenvalue weighted by atomic mass is 32.2. The van der Waals surface area contributed by atoms with Gasteiger partial charge in [0.25, 0.3) is 0 Å². The first-order valence-corrected chi connectivity index (χ1v) is 8.16. The Kier molecular flexibility index (Phi) is 5.82. The number of rotatable bonds is 7. The average molecular weight is 285 g/mol. The second-order valence-corrected chi connectivity index (χ2v) is 7.70. The van der Waals surface area contributed by atoms with Crippen LogP contribution in [0, 0.1) is 0 Å². The maximum absolute atomic E-state index is 11.7. The van der Waals surface area contributed by atoms with Crippen molar-refractivity contribution in [2.24, 2.45) is 5.73 Å². The molecule has 0 fully saturated rings. The third kappa shape index (κ3) is 5.20. The van der Waals surface area contributed by atoms with Gasteiger partial charge in [0.2, 0.25) is 0 Å². The summed E-state index contributed by atoms with van der Waals surface area (Å²) >= 11 is 0. The number of benzene rings is 1. The lowest BCUT2D eigenvalue weighted by molar-refractivity contribution is 0.414. The van der Waals surface area contributed by atoms with E-state index in [1.165, 1.54) is 0 Å². The molecule has 0 bridgehead atoms. The van der Waals surface area contributed by atoms with E-state index in [4.69, 9.17) is 10.5 Å². The lowest BCUT2D eigenvalue weighted by Crippen LogP contribution is -2.28. The first-order valence-electron chi connectivity index (χ1n) is 6.45. The smallest absolute Gasteiger partial charge is 0.152 e. The third-order valence-corrected chi connectivity index (χ3v) is 5.36. The number of nitrogens with two attached hydrogens (primary N) is 1. The summed E-state index contributed by atoms with van der Waals surface area (Å²) in [7, 11) is -1.38. The minimum absolute atomic E-state index is 0.149. The zero-order chi connectivity index (χ0) is 14.5. The van der Waals surface area contributed by atoms with E-state index in [0.29, 0.717) is 12.8 Å². The summed E-state index contributed by atoms with van der Waals surface area (Å²) in [5.41, 5.74) is 7.06. The van der Waals surface area contributed by atoms with Crippen molar-refractivity contribution in [2.45, 2.75) is 38.0 Å². The molecule has 0 radical (unpaired) electrons. The molecule has 1 rings (SSSR count). The van der Waals surface area contributed by atoms with Crippen LogP contribution in [0.25, 0.3) is 0 Å². The van der Waals surface area contributed by atoms with Gasteiger partial charge in [-0.1, -0.05) is 12.1 Å². The third-order valence-electron chi connectivity index (χ3n) is 3.12. The van der Waals surface area contributed by atoms with E-state index in [-0.39, 0.29) is 17.0 Å². The molecule has 0 spiro atoms. The fraction of sp³-hybridized carbons (Fsp3) is 0.571. The molecule has 1 aromatic rings. The number of sulfone groups is 1. The Balaban J connectivity index is 2.53. The molecule has 0 aliphatic carbocycles. The molecule has 0 heterocycles. The molecule has 1 unspecified atom stereocenters. The van der Waals surface area contributed by atoms with Gasteiger partial charge in [-0.15, -0.1) is 0 Å². The lowest BCUT2D eigenvalue weighted by Gasteiger charge is -2.14. The van der Waals surface area contributed by atoms with Gasteiger partial charge in [-0.25, -0.2) is 8.42 Å². The summed E-state index contributed by atoms with van der Waals surface area (Å²) in [6, 6.07) is 7.53. The molecule has 0 aliphatic heterocycles. The Morgan fingerprint density at radius 2 is 2.00 bits per heavy atom. The van der Waals surface area contributed by atoms with Crippen molar-refractivity contribution >= 4 is 9.84 Å². The molecule has 0 saturated carbocycles. The lowest BCUT2D eigenvalue weighted by atomic mass is 10.0. The SMILES string of the molecule is COc1cccc(CC(N)CCS(=O)(=O)C(C)C)c1. The van der Waals surface area contributed by atoms with Crippen molar-refractivity contribution in [3.8, 4) is 5.75 Å². The van der Waals surface area contributed by atoms with E-state index in [2.05, 4.69) is 0 Å². The van der Waals surface area contributed by atoms with E-state index in [0.717, 1.165) is 11.3 Å². The van der Waals surface area contributed by atoms with Crippen molar-refractivity contribution in [2.75, 3.05) is 12.9 Å². The van der Waals surface area contributed by atoms with Gasteiger partial charge in [-0.2, -0.15) is 0 Å². The molecule has 4 nitrogen and oxygen atoms in total. The fourth-order valence-electron chi connectivity index (χ4n) is 1.76. The average Bonchev–Trinajstić information content (AvgIpc) is 2.36. The predicted octanol–water partition coefficient (Wildman–Crippen LogP) is 1.78. The zero-order valence-corrected chi connectivity index (χ0v) is 12.6. The highest BCUT2D eigenvalue weighted by molar-refractivity contribution is 7.91. The van der Waals surface area contributed by atoms with E-state index in [1.54, 1.807) is 21.0 Å². The van der Waals surface area contributed by atoms with Gasteiger partial charge >= 0.3 is 0 Å². The molecular formula is C14H23NO3S. The van der Waals surface area contributed by atoms with Gasteiger partial charge in [-0.3, -0.25) is 0 Å². The van der Waals surface area contributed by atoms with Gasteiger partial charge in [0.15, 0.2) is 9.84 Å². The quantitative estimate of drug-likeness (QED) is 0.829. The van der Waals surface area contributed by atoms with E-state index >= 15 is 0 Å². The monoisotopic (exact) mass is 285 g/mol. The predicted molar refractivity (Wildman–Crippen MR) is 78.2 cm³/mol. The fourth-order valence-corrected chi connectivity index (χ4v) is 2.86. The molecule has 19 heavy (non-hydrogen) atoms. The summed E-state index contributed by atoms with van der Waals surface area (Å²) in [6.07, 6.45) is 1.14. The van der Waals surface area contributed by atoms with Crippen LogP contribution < -0.4 is 10.5 Å². The topological polar surface area (TPSA) is 69.4 Å². The number of ether oxygens (including phenoxy) is 1. The van der Waals surface area contributed by atoms with Gasteiger partial charge < -0.3 is 10.5 Å². The normalized spacial score (nSPS) is 13.5. The summed E-state index contributed by atoms with van der Waals surface area (Å²) in [5, 5.41) is -0.337. The Bertz CT molecular complexity index is 497. The second-order valence-electron chi connectivity index (χ2n) is 5.02. The van der Waals surface area contributed by atoms with Crippen molar-refractivity contribution in [3.63, 3.8) is 0 Å². The molecule has 2 N–H and O–H groups in total. The Hall–Kier alpha value is -1.07. The minimum Gasteiger partial charge on any atom is -0.497 e. The van der Waals surface area contributed by atoms with Crippen LogP contribution in [-0.4, -0.2) is 32.6 Å². The van der Waals surface area contributed by atoms with Crippen molar-refractivity contribution < 1.29 is 13.2 Å². The molecule has 108 valence electrons. The summed E-state index contributed by atoms with van der Waals surface area (Å²) in [5.74, 6) is 0.940. The maximum Gasteiger partial charge on any atom is 0.152 e. The number of hydrogen-bond donors (Lipinski definition) is 1. The van der Waals surface area contributed by atoms with E-state index in [9.17, 15) is 8.42 Å². The van der Waals surface area contributed by atoms with Crippen LogP contribution in [0.1, 0.15) is 25.8 Å². The first kappa shape index (κ1) is 16.0. The van der Waals surface area contributed by atoms with Crippen LogP contribution in [0.15, 0.2) is 24.3 Å². The second kappa shape index (κ2) is 6.91. The van der Waals surface area contributed by atoms with Crippen molar-refractivity contribution in [1.29, 1.82) is 0 Å². The van der Waals surface area contributed by atoms with Crippen molar-refractivity contribution in [3.05, 3.63) is 29.8 Å². The van der Waals surface area contributed by atoms with Crippen LogP contribution in [0.4, 0.5) is 0 Å². The Morgan fingerprint density at radius 1 is 1.32 bits per heavy atom. The highest BCUT2D eigenvalue weighted by Crippen LogP contribution is 2.15. The summed E-state index contributed by atoms with van der Waals surface area (Å²) in [4.78, 5) is 0. The Labute approximate surface area is 115 Å². The number of hydrogen-bond acceptors (Lipinski definition) is 4. The van der Waals surface area contributed by atoms with E-state index < -0.39 is 9.84 Å². The van der Waals surface area contributed by atoms with Crippen LogP contribution in [0.2, 0.25) is 0 Å². The van der Waals surface area contributed by atoms with Gasteiger partial charge in [0, 0.05) is 6.04 Å². The van der Waals surface area contributed by atoms with Crippen LogP contribution in [0.5, 0.6) is 5.75 Å². The summed E-state index contributed by atoms with van der Waals surface area (Å²) in [6.45, 7) is 3.39.